The predicted molar refractivity (Wildman–Crippen MR) is 32.7 cm³/mol. The molecule has 1 nitrogen and oxygen atoms in total. The van der Waals surface area contributed by atoms with Gasteiger partial charge in [0.1, 0.15) is 0 Å². The first-order valence-electron chi connectivity index (χ1n) is 2.60. The largest absolute Gasteiger partial charge is 0.377 e. The summed E-state index contributed by atoms with van der Waals surface area (Å²) in [5.41, 5.74) is 0. The minimum absolute atomic E-state index is 0.532. The van der Waals surface area contributed by atoms with Gasteiger partial charge in [0.05, 0.1) is 6.10 Å². The third kappa shape index (κ3) is 1.42. The molecule has 1 fully saturated rings. The molecule has 0 aromatic carbocycles. The molecular formula is C5H9BrO. The zero-order valence-corrected chi connectivity index (χ0v) is 5.94. The minimum Gasteiger partial charge on any atom is -0.377 e. The number of halogens is 1. The van der Waals surface area contributed by atoms with E-state index in [1.807, 2.05) is 6.92 Å². The predicted octanol–water partition coefficient (Wildman–Crippen LogP) is 1.56. The number of hydrogen-bond acceptors (Lipinski definition) is 1. The van der Waals surface area contributed by atoms with Gasteiger partial charge in [-0.1, -0.05) is 15.9 Å². The Labute approximate surface area is 52.2 Å². The van der Waals surface area contributed by atoms with Crippen molar-refractivity contribution in [3.05, 3.63) is 0 Å². The van der Waals surface area contributed by atoms with Crippen molar-refractivity contribution < 1.29 is 4.74 Å². The van der Waals surface area contributed by atoms with Gasteiger partial charge in [-0.15, -0.1) is 0 Å². The fourth-order valence-corrected chi connectivity index (χ4v) is 1.05. The van der Waals surface area contributed by atoms with Crippen LogP contribution < -0.4 is 0 Å². The van der Waals surface area contributed by atoms with Crippen LogP contribution in [0, 0.1) is 0 Å². The van der Waals surface area contributed by atoms with E-state index < -0.39 is 0 Å². The maximum absolute atomic E-state index is 5.22. The average Bonchev–Trinajstić information content (AvgIpc) is 2.22. The van der Waals surface area contributed by atoms with Crippen molar-refractivity contribution in [1.29, 1.82) is 0 Å². The van der Waals surface area contributed by atoms with E-state index in [1.165, 1.54) is 6.42 Å². The highest BCUT2D eigenvalue weighted by Crippen LogP contribution is 2.32. The number of hydrogen-bond donors (Lipinski definition) is 0. The second kappa shape index (κ2) is 2.14. The van der Waals surface area contributed by atoms with Crippen molar-refractivity contribution in [1.82, 2.24) is 0 Å². The van der Waals surface area contributed by atoms with Crippen molar-refractivity contribution in [2.75, 3.05) is 6.61 Å². The standard InChI is InChI=1S/C5H9BrO/c1-2-7-5-3-4(5)6/h4-5H,2-3H2,1H3. The smallest absolute Gasteiger partial charge is 0.0712 e. The van der Waals surface area contributed by atoms with Crippen LogP contribution in [0.25, 0.3) is 0 Å². The fraction of sp³-hybridized carbons (Fsp3) is 1.00. The van der Waals surface area contributed by atoms with Crippen LogP contribution in [0.2, 0.25) is 0 Å². The third-order valence-corrected chi connectivity index (χ3v) is 2.00. The van der Waals surface area contributed by atoms with Crippen molar-refractivity contribution in [3.8, 4) is 0 Å². The highest BCUT2D eigenvalue weighted by atomic mass is 79.9. The fourth-order valence-electron chi connectivity index (χ4n) is 0.530. The molecule has 0 amide bonds. The Hall–Kier alpha value is 0.440. The highest BCUT2D eigenvalue weighted by Gasteiger charge is 2.34. The normalized spacial score (nSPS) is 38.6. The Morgan fingerprint density at radius 3 is 2.57 bits per heavy atom. The van der Waals surface area contributed by atoms with E-state index in [0.717, 1.165) is 6.61 Å². The summed E-state index contributed by atoms with van der Waals surface area (Å²) in [6, 6.07) is 0. The molecule has 1 rings (SSSR count). The Kier molecular flexibility index (Phi) is 1.70. The van der Waals surface area contributed by atoms with Gasteiger partial charge in [0.2, 0.25) is 0 Å². The van der Waals surface area contributed by atoms with Crippen LogP contribution in [0.15, 0.2) is 0 Å². The minimum atomic E-state index is 0.532. The highest BCUT2D eigenvalue weighted by molar-refractivity contribution is 9.09. The lowest BCUT2D eigenvalue weighted by molar-refractivity contribution is 0.134. The van der Waals surface area contributed by atoms with Crippen LogP contribution in [0.5, 0.6) is 0 Å². The molecule has 0 N–H and O–H groups in total. The molecule has 0 saturated heterocycles. The molecular weight excluding hydrogens is 156 g/mol. The maximum atomic E-state index is 5.22. The molecule has 1 aliphatic rings. The topological polar surface area (TPSA) is 9.23 Å². The lowest BCUT2D eigenvalue weighted by atomic mass is 10.8. The van der Waals surface area contributed by atoms with Gasteiger partial charge in [-0.2, -0.15) is 0 Å². The van der Waals surface area contributed by atoms with Gasteiger partial charge in [-0.3, -0.25) is 0 Å². The summed E-state index contributed by atoms with van der Waals surface area (Å²) in [5.74, 6) is 0. The molecule has 1 saturated carbocycles. The van der Waals surface area contributed by atoms with E-state index in [9.17, 15) is 0 Å². The summed E-state index contributed by atoms with van der Waals surface area (Å²) in [7, 11) is 0. The maximum Gasteiger partial charge on any atom is 0.0712 e. The summed E-state index contributed by atoms with van der Waals surface area (Å²) in [5, 5.41) is 0. The summed E-state index contributed by atoms with van der Waals surface area (Å²) in [6.45, 7) is 2.88. The Morgan fingerprint density at radius 2 is 2.43 bits per heavy atom. The van der Waals surface area contributed by atoms with Crippen LogP contribution in [-0.2, 0) is 4.74 Å². The lowest BCUT2D eigenvalue weighted by Crippen LogP contribution is -1.93. The number of alkyl halides is 1. The molecule has 2 unspecified atom stereocenters. The molecule has 0 aromatic rings. The van der Waals surface area contributed by atoms with Crippen molar-refractivity contribution in [2.24, 2.45) is 0 Å². The van der Waals surface area contributed by atoms with Crippen LogP contribution in [0.3, 0.4) is 0 Å². The molecule has 0 radical (unpaired) electrons. The van der Waals surface area contributed by atoms with Gasteiger partial charge in [0.25, 0.3) is 0 Å². The van der Waals surface area contributed by atoms with E-state index in [0.29, 0.717) is 10.9 Å². The molecule has 0 aromatic heterocycles. The first-order chi connectivity index (χ1) is 3.34. The SMILES string of the molecule is CCOC1CC1Br. The van der Waals surface area contributed by atoms with Crippen LogP contribution in [-0.4, -0.2) is 17.5 Å². The van der Waals surface area contributed by atoms with E-state index in [1.54, 1.807) is 0 Å². The second-order valence-electron chi connectivity index (χ2n) is 1.75. The Bertz CT molecular complexity index is 65.1. The summed E-state index contributed by atoms with van der Waals surface area (Å²) in [4.78, 5) is 0.660. The average molecular weight is 165 g/mol. The van der Waals surface area contributed by atoms with E-state index in [2.05, 4.69) is 15.9 Å². The van der Waals surface area contributed by atoms with Gasteiger partial charge in [0, 0.05) is 11.4 Å². The molecule has 1 aliphatic carbocycles. The van der Waals surface area contributed by atoms with E-state index >= 15 is 0 Å². The molecule has 0 aliphatic heterocycles. The van der Waals surface area contributed by atoms with Gasteiger partial charge in [-0.25, -0.2) is 0 Å². The Morgan fingerprint density at radius 1 is 1.86 bits per heavy atom. The van der Waals surface area contributed by atoms with Gasteiger partial charge in [0.15, 0.2) is 0 Å². The lowest BCUT2D eigenvalue weighted by Gasteiger charge is -1.91. The molecule has 0 bridgehead atoms. The molecule has 42 valence electrons. The van der Waals surface area contributed by atoms with Crippen molar-refractivity contribution in [2.45, 2.75) is 24.3 Å². The summed E-state index contributed by atoms with van der Waals surface area (Å²) >= 11 is 3.42. The quantitative estimate of drug-likeness (QED) is 0.564. The van der Waals surface area contributed by atoms with E-state index in [-0.39, 0.29) is 0 Å². The summed E-state index contributed by atoms with van der Waals surface area (Å²) < 4.78 is 5.22. The monoisotopic (exact) mass is 164 g/mol. The Balaban J connectivity index is 1.98. The first-order valence-corrected chi connectivity index (χ1v) is 3.52. The van der Waals surface area contributed by atoms with Crippen LogP contribution in [0.1, 0.15) is 13.3 Å². The molecule has 2 heteroatoms. The van der Waals surface area contributed by atoms with Crippen molar-refractivity contribution >= 4 is 15.9 Å². The van der Waals surface area contributed by atoms with Gasteiger partial charge >= 0.3 is 0 Å². The summed E-state index contributed by atoms with van der Waals surface area (Å²) in [6.07, 6.45) is 1.73. The number of rotatable bonds is 2. The van der Waals surface area contributed by atoms with E-state index in [4.69, 9.17) is 4.74 Å². The van der Waals surface area contributed by atoms with Gasteiger partial charge < -0.3 is 4.74 Å². The van der Waals surface area contributed by atoms with Crippen LogP contribution >= 0.6 is 15.9 Å². The third-order valence-electron chi connectivity index (χ3n) is 1.04. The molecule has 7 heavy (non-hydrogen) atoms. The zero-order chi connectivity index (χ0) is 5.28. The molecule has 0 spiro atoms. The van der Waals surface area contributed by atoms with Gasteiger partial charge in [-0.05, 0) is 13.3 Å². The molecule has 0 heterocycles. The van der Waals surface area contributed by atoms with Crippen LogP contribution in [0.4, 0.5) is 0 Å². The first kappa shape index (κ1) is 5.57. The molecule has 2 atom stereocenters. The second-order valence-corrected chi connectivity index (χ2v) is 2.92. The van der Waals surface area contributed by atoms with Crippen molar-refractivity contribution in [3.63, 3.8) is 0 Å². The zero-order valence-electron chi connectivity index (χ0n) is 4.36. The number of ether oxygens (including phenoxy) is 1.